The van der Waals surface area contributed by atoms with Crippen molar-refractivity contribution in [2.75, 3.05) is 29.2 Å². The average Bonchev–Trinajstić information content (AvgIpc) is 2.96. The Morgan fingerprint density at radius 3 is 2.28 bits per heavy atom. The number of aromatic nitrogens is 2. The van der Waals surface area contributed by atoms with Gasteiger partial charge in [0.25, 0.3) is 5.56 Å². The van der Waals surface area contributed by atoms with Crippen LogP contribution in [0, 0.1) is 13.8 Å². The van der Waals surface area contributed by atoms with Gasteiger partial charge in [0.15, 0.2) is 0 Å². The van der Waals surface area contributed by atoms with Gasteiger partial charge in [-0.1, -0.05) is 12.1 Å². The minimum atomic E-state index is -0.650. The lowest BCUT2D eigenvalue weighted by Gasteiger charge is -2.20. The Kier molecular flexibility index (Phi) is 10.3. The van der Waals surface area contributed by atoms with E-state index >= 15 is 0 Å². The molecule has 4 rings (SSSR count). The van der Waals surface area contributed by atoms with E-state index in [9.17, 15) is 19.2 Å². The molecular formula is C34H39N5O7. The first-order valence-corrected chi connectivity index (χ1v) is 14.8. The average molecular weight is 630 g/mol. The van der Waals surface area contributed by atoms with E-state index in [1.54, 1.807) is 84.3 Å². The monoisotopic (exact) mass is 629 g/mol. The van der Waals surface area contributed by atoms with Crippen molar-refractivity contribution < 1.29 is 28.6 Å². The second kappa shape index (κ2) is 14.1. The number of urea groups is 1. The molecule has 3 N–H and O–H groups in total. The van der Waals surface area contributed by atoms with E-state index in [1.165, 1.54) is 11.5 Å². The van der Waals surface area contributed by atoms with Crippen molar-refractivity contribution in [3.63, 3.8) is 0 Å². The SMILES string of the molecule is CC(=O)OCCCOc1cccc(-c2c(NC(=O)Nc3c(C)cc(NC(=O)OC(C)(C)C)cc3C)c(=O)n(C)c3ncccc23)c1. The molecule has 0 aliphatic carbocycles. The standard InChI is InChI=1S/C34H39N5O7/c1-20-17-24(36-33(43)46-34(4,5)6)18-21(2)28(20)37-32(42)38-29-27(26-13-9-14-35-30(26)39(7)31(29)41)23-11-8-12-25(19-23)45-16-10-15-44-22(3)40/h8-9,11-14,17-19H,10,15-16H2,1-7H3,(H,36,43)(H2,37,38,42). The molecule has 0 fully saturated rings. The highest BCUT2D eigenvalue weighted by Gasteiger charge is 2.21. The molecule has 46 heavy (non-hydrogen) atoms. The van der Waals surface area contributed by atoms with Crippen LogP contribution in [-0.2, 0) is 21.3 Å². The van der Waals surface area contributed by atoms with Crippen LogP contribution in [0.15, 0.2) is 59.5 Å². The highest BCUT2D eigenvalue weighted by atomic mass is 16.6. The summed E-state index contributed by atoms with van der Waals surface area (Å²) < 4.78 is 17.6. The van der Waals surface area contributed by atoms with Crippen LogP contribution in [0.3, 0.4) is 0 Å². The van der Waals surface area contributed by atoms with Crippen LogP contribution in [0.25, 0.3) is 22.2 Å². The van der Waals surface area contributed by atoms with Crippen molar-refractivity contribution in [1.29, 1.82) is 0 Å². The summed E-state index contributed by atoms with van der Waals surface area (Å²) in [5, 5.41) is 9.01. The van der Waals surface area contributed by atoms with Gasteiger partial charge in [0.1, 0.15) is 22.7 Å². The number of aryl methyl sites for hydroxylation is 3. The smallest absolute Gasteiger partial charge is 0.412 e. The van der Waals surface area contributed by atoms with Gasteiger partial charge in [-0.25, -0.2) is 14.6 Å². The Morgan fingerprint density at radius 2 is 1.61 bits per heavy atom. The normalized spacial score (nSPS) is 11.1. The predicted molar refractivity (Wildman–Crippen MR) is 178 cm³/mol. The van der Waals surface area contributed by atoms with Gasteiger partial charge in [-0.2, -0.15) is 0 Å². The minimum absolute atomic E-state index is 0.0611. The molecule has 242 valence electrons. The van der Waals surface area contributed by atoms with E-state index in [0.717, 1.165) is 0 Å². The zero-order valence-electron chi connectivity index (χ0n) is 27.1. The molecule has 0 radical (unpaired) electrons. The fourth-order valence-corrected chi connectivity index (χ4v) is 4.90. The number of rotatable bonds is 9. The maximum Gasteiger partial charge on any atom is 0.412 e. The molecule has 2 heterocycles. The van der Waals surface area contributed by atoms with Crippen LogP contribution >= 0.6 is 0 Å². The predicted octanol–water partition coefficient (Wildman–Crippen LogP) is 6.54. The van der Waals surface area contributed by atoms with Gasteiger partial charge in [-0.3, -0.25) is 19.5 Å². The van der Waals surface area contributed by atoms with Crippen molar-refractivity contribution in [3.05, 3.63) is 76.2 Å². The number of ether oxygens (including phenoxy) is 3. The van der Waals surface area contributed by atoms with Gasteiger partial charge in [-0.15, -0.1) is 0 Å². The second-order valence-corrected chi connectivity index (χ2v) is 11.7. The van der Waals surface area contributed by atoms with Crippen molar-refractivity contribution in [1.82, 2.24) is 9.55 Å². The van der Waals surface area contributed by atoms with Crippen molar-refractivity contribution in [2.24, 2.45) is 7.05 Å². The van der Waals surface area contributed by atoms with E-state index in [1.807, 2.05) is 12.1 Å². The Labute approximate surface area is 267 Å². The number of hydrogen-bond donors (Lipinski definition) is 3. The Bertz CT molecular complexity index is 1820. The molecule has 0 saturated carbocycles. The third-order valence-electron chi connectivity index (χ3n) is 6.78. The lowest BCUT2D eigenvalue weighted by atomic mass is 10.00. The molecule has 0 saturated heterocycles. The number of pyridine rings is 2. The lowest BCUT2D eigenvalue weighted by Crippen LogP contribution is -2.29. The van der Waals surface area contributed by atoms with E-state index in [4.69, 9.17) is 14.2 Å². The fraction of sp³-hybridized carbons (Fsp3) is 0.324. The summed E-state index contributed by atoms with van der Waals surface area (Å²) in [6.07, 6.45) is 1.52. The van der Waals surface area contributed by atoms with E-state index in [0.29, 0.717) is 63.4 Å². The highest BCUT2D eigenvalue weighted by molar-refractivity contribution is 6.08. The Hall–Kier alpha value is -5.39. The van der Waals surface area contributed by atoms with Crippen molar-refractivity contribution in [3.8, 4) is 16.9 Å². The molecule has 0 aliphatic rings. The summed E-state index contributed by atoms with van der Waals surface area (Å²) >= 11 is 0. The van der Waals surface area contributed by atoms with Gasteiger partial charge >= 0.3 is 18.1 Å². The summed E-state index contributed by atoms with van der Waals surface area (Å²) in [6, 6.07) is 13.6. The first-order chi connectivity index (χ1) is 21.7. The van der Waals surface area contributed by atoms with Crippen molar-refractivity contribution >= 4 is 46.2 Å². The van der Waals surface area contributed by atoms with Crippen LogP contribution in [0.2, 0.25) is 0 Å². The van der Waals surface area contributed by atoms with Crippen LogP contribution in [0.4, 0.5) is 26.7 Å². The quantitative estimate of drug-likeness (QED) is 0.140. The van der Waals surface area contributed by atoms with Gasteiger partial charge in [0.05, 0.1) is 13.2 Å². The van der Waals surface area contributed by atoms with Crippen LogP contribution in [0.5, 0.6) is 5.75 Å². The van der Waals surface area contributed by atoms with E-state index in [-0.39, 0.29) is 18.3 Å². The third kappa shape index (κ3) is 8.40. The van der Waals surface area contributed by atoms with Crippen LogP contribution < -0.4 is 26.2 Å². The largest absolute Gasteiger partial charge is 0.493 e. The number of carbonyl (C=O) groups is 3. The summed E-state index contributed by atoms with van der Waals surface area (Å²) in [5.74, 6) is 0.189. The molecule has 4 aromatic rings. The molecule has 2 aromatic heterocycles. The number of anilines is 3. The zero-order valence-corrected chi connectivity index (χ0v) is 27.1. The van der Waals surface area contributed by atoms with E-state index < -0.39 is 23.3 Å². The van der Waals surface area contributed by atoms with Crippen LogP contribution in [-0.4, -0.2) is 46.5 Å². The minimum Gasteiger partial charge on any atom is -0.493 e. The molecule has 3 amide bonds. The Morgan fingerprint density at radius 1 is 0.913 bits per heavy atom. The number of esters is 1. The number of benzene rings is 2. The van der Waals surface area contributed by atoms with Gasteiger partial charge < -0.3 is 24.8 Å². The van der Waals surface area contributed by atoms with Crippen molar-refractivity contribution in [2.45, 2.75) is 53.6 Å². The number of amides is 3. The maximum atomic E-state index is 13.7. The molecule has 2 aromatic carbocycles. The van der Waals surface area contributed by atoms with Gasteiger partial charge in [-0.05, 0) is 87.7 Å². The highest BCUT2D eigenvalue weighted by Crippen LogP contribution is 2.35. The first kappa shape index (κ1) is 33.5. The summed E-state index contributed by atoms with van der Waals surface area (Å²) in [6.45, 7) is 10.8. The van der Waals surface area contributed by atoms with Gasteiger partial charge in [0.2, 0.25) is 0 Å². The number of nitrogens with one attached hydrogen (secondary N) is 3. The molecule has 0 aliphatic heterocycles. The molecule has 12 nitrogen and oxygen atoms in total. The molecule has 0 atom stereocenters. The van der Waals surface area contributed by atoms with Crippen LogP contribution in [0.1, 0.15) is 45.2 Å². The summed E-state index contributed by atoms with van der Waals surface area (Å²) in [5.41, 5.74) is 2.94. The van der Waals surface area contributed by atoms with E-state index in [2.05, 4.69) is 20.9 Å². The number of nitrogens with zero attached hydrogens (tertiary/aromatic N) is 2. The molecule has 0 spiro atoms. The fourth-order valence-electron chi connectivity index (χ4n) is 4.90. The maximum absolute atomic E-state index is 13.7. The first-order valence-electron chi connectivity index (χ1n) is 14.8. The number of fused-ring (bicyclic) bond motifs is 1. The molecule has 12 heteroatoms. The topological polar surface area (TPSA) is 150 Å². The zero-order chi connectivity index (χ0) is 33.6. The number of hydrogen-bond acceptors (Lipinski definition) is 8. The van der Waals surface area contributed by atoms with Gasteiger partial charge in [0, 0.05) is 48.9 Å². The summed E-state index contributed by atoms with van der Waals surface area (Å²) in [4.78, 5) is 54.9. The molecule has 0 unspecified atom stereocenters. The molecule has 0 bridgehead atoms. The Balaban J connectivity index is 1.63. The third-order valence-corrected chi connectivity index (χ3v) is 6.78. The lowest BCUT2D eigenvalue weighted by molar-refractivity contribution is -0.141. The summed E-state index contributed by atoms with van der Waals surface area (Å²) in [7, 11) is 1.60. The second-order valence-electron chi connectivity index (χ2n) is 11.7. The molecular weight excluding hydrogens is 590 g/mol. The number of carbonyl (C=O) groups excluding carboxylic acids is 3.